The maximum Gasteiger partial charge on any atom is 0.220 e. The zero-order valence-electron chi connectivity index (χ0n) is 12.1. The van der Waals surface area contributed by atoms with E-state index in [4.69, 9.17) is 5.73 Å². The number of aromatic nitrogens is 3. The SMILES string of the molecule is CC(C)CC(CN)CC(=O)NCCc1ncn(C)n1. The highest BCUT2D eigenvalue weighted by Crippen LogP contribution is 2.13. The number of aryl methyl sites for hydroxylation is 1. The van der Waals surface area contributed by atoms with Crippen molar-refractivity contribution < 1.29 is 4.79 Å². The molecule has 0 aliphatic rings. The summed E-state index contributed by atoms with van der Waals surface area (Å²) in [6.07, 6.45) is 3.81. The van der Waals surface area contributed by atoms with E-state index in [0.29, 0.717) is 31.8 Å². The predicted octanol–water partition coefficient (Wildman–Crippen LogP) is 0.485. The molecule has 0 aliphatic heterocycles. The number of nitrogens with zero attached hydrogens (tertiary/aromatic N) is 3. The van der Waals surface area contributed by atoms with Crippen LogP contribution in [0.3, 0.4) is 0 Å². The number of carbonyl (C=O) groups is 1. The van der Waals surface area contributed by atoms with E-state index in [2.05, 4.69) is 29.2 Å². The van der Waals surface area contributed by atoms with Gasteiger partial charge in [-0.15, -0.1) is 0 Å². The number of carbonyl (C=O) groups excluding carboxylic acids is 1. The van der Waals surface area contributed by atoms with E-state index in [0.717, 1.165) is 12.2 Å². The normalized spacial score (nSPS) is 12.7. The van der Waals surface area contributed by atoms with E-state index in [9.17, 15) is 4.79 Å². The minimum absolute atomic E-state index is 0.0621. The van der Waals surface area contributed by atoms with Gasteiger partial charge in [0.05, 0.1) is 0 Å². The first kappa shape index (κ1) is 15.6. The van der Waals surface area contributed by atoms with Gasteiger partial charge in [-0.1, -0.05) is 13.8 Å². The quantitative estimate of drug-likeness (QED) is 0.717. The van der Waals surface area contributed by atoms with Crippen molar-refractivity contribution >= 4 is 5.91 Å². The lowest BCUT2D eigenvalue weighted by Crippen LogP contribution is -2.30. The Morgan fingerprint density at radius 2 is 2.26 bits per heavy atom. The van der Waals surface area contributed by atoms with Crippen LogP contribution >= 0.6 is 0 Å². The molecule has 0 saturated heterocycles. The van der Waals surface area contributed by atoms with Crippen LogP contribution in [0.4, 0.5) is 0 Å². The first-order chi connectivity index (χ1) is 9.01. The van der Waals surface area contributed by atoms with Gasteiger partial charge in [0.15, 0.2) is 5.82 Å². The molecule has 0 aromatic carbocycles. The molecule has 1 aromatic rings. The second kappa shape index (κ2) is 7.89. The van der Waals surface area contributed by atoms with Crippen molar-refractivity contribution in [3.8, 4) is 0 Å². The summed E-state index contributed by atoms with van der Waals surface area (Å²) in [7, 11) is 1.83. The molecule has 6 nitrogen and oxygen atoms in total. The Labute approximate surface area is 114 Å². The third-order valence-electron chi connectivity index (χ3n) is 2.93. The highest BCUT2D eigenvalue weighted by molar-refractivity contribution is 5.76. The van der Waals surface area contributed by atoms with Gasteiger partial charge < -0.3 is 11.1 Å². The lowest BCUT2D eigenvalue weighted by Gasteiger charge is -2.16. The molecule has 1 aromatic heterocycles. The fourth-order valence-electron chi connectivity index (χ4n) is 2.08. The van der Waals surface area contributed by atoms with Gasteiger partial charge in [0.1, 0.15) is 6.33 Å². The minimum Gasteiger partial charge on any atom is -0.356 e. The van der Waals surface area contributed by atoms with Crippen LogP contribution in [0, 0.1) is 11.8 Å². The molecule has 0 spiro atoms. The summed E-state index contributed by atoms with van der Waals surface area (Å²) in [5.74, 6) is 1.65. The predicted molar refractivity (Wildman–Crippen MR) is 74.3 cm³/mol. The highest BCUT2D eigenvalue weighted by Gasteiger charge is 2.13. The van der Waals surface area contributed by atoms with Gasteiger partial charge in [0.2, 0.25) is 5.91 Å². The van der Waals surface area contributed by atoms with Crippen LogP contribution in [0.1, 0.15) is 32.5 Å². The molecule has 0 saturated carbocycles. The second-order valence-electron chi connectivity index (χ2n) is 5.37. The average molecular weight is 267 g/mol. The van der Waals surface area contributed by atoms with Gasteiger partial charge in [0.25, 0.3) is 0 Å². The van der Waals surface area contributed by atoms with Crippen molar-refractivity contribution in [2.24, 2.45) is 24.6 Å². The molecular formula is C13H25N5O. The molecule has 1 amide bonds. The fourth-order valence-corrected chi connectivity index (χ4v) is 2.08. The number of hydrogen-bond donors (Lipinski definition) is 2. The van der Waals surface area contributed by atoms with E-state index in [1.165, 1.54) is 0 Å². The molecule has 1 rings (SSSR count). The monoisotopic (exact) mass is 267 g/mol. The Hall–Kier alpha value is -1.43. The zero-order valence-corrected chi connectivity index (χ0v) is 12.1. The van der Waals surface area contributed by atoms with Crippen molar-refractivity contribution in [3.05, 3.63) is 12.2 Å². The third-order valence-corrected chi connectivity index (χ3v) is 2.93. The summed E-state index contributed by atoms with van der Waals surface area (Å²) in [5, 5.41) is 7.05. The Morgan fingerprint density at radius 3 is 2.79 bits per heavy atom. The molecule has 0 aliphatic carbocycles. The van der Waals surface area contributed by atoms with Crippen molar-refractivity contribution in [3.63, 3.8) is 0 Å². The minimum atomic E-state index is 0.0621. The van der Waals surface area contributed by atoms with E-state index in [1.54, 1.807) is 11.0 Å². The van der Waals surface area contributed by atoms with Gasteiger partial charge >= 0.3 is 0 Å². The number of nitrogens with one attached hydrogen (secondary N) is 1. The van der Waals surface area contributed by atoms with E-state index >= 15 is 0 Å². The van der Waals surface area contributed by atoms with Crippen LogP contribution in [0.15, 0.2) is 6.33 Å². The Bertz CT molecular complexity index is 388. The molecule has 0 bridgehead atoms. The third kappa shape index (κ3) is 6.33. The number of rotatable bonds is 8. The van der Waals surface area contributed by atoms with Gasteiger partial charge in [-0.2, -0.15) is 5.10 Å². The lowest BCUT2D eigenvalue weighted by molar-refractivity contribution is -0.122. The number of amides is 1. The van der Waals surface area contributed by atoms with Gasteiger partial charge in [-0.05, 0) is 24.8 Å². The average Bonchev–Trinajstić information content (AvgIpc) is 2.73. The largest absolute Gasteiger partial charge is 0.356 e. The topological polar surface area (TPSA) is 85.8 Å². The van der Waals surface area contributed by atoms with E-state index < -0.39 is 0 Å². The lowest BCUT2D eigenvalue weighted by atomic mass is 9.94. The molecule has 0 radical (unpaired) electrons. The van der Waals surface area contributed by atoms with E-state index in [-0.39, 0.29) is 11.8 Å². The zero-order chi connectivity index (χ0) is 14.3. The van der Waals surface area contributed by atoms with Crippen LogP contribution in [-0.4, -0.2) is 33.8 Å². The van der Waals surface area contributed by atoms with E-state index in [1.807, 2.05) is 7.05 Å². The van der Waals surface area contributed by atoms with Crippen LogP contribution in [-0.2, 0) is 18.3 Å². The Balaban J connectivity index is 2.23. The van der Waals surface area contributed by atoms with Crippen molar-refractivity contribution in [1.82, 2.24) is 20.1 Å². The summed E-state index contributed by atoms with van der Waals surface area (Å²) >= 11 is 0. The summed E-state index contributed by atoms with van der Waals surface area (Å²) < 4.78 is 1.66. The summed E-state index contributed by atoms with van der Waals surface area (Å²) in [4.78, 5) is 15.9. The molecule has 1 unspecified atom stereocenters. The highest BCUT2D eigenvalue weighted by atomic mass is 16.1. The maximum atomic E-state index is 11.8. The molecule has 6 heteroatoms. The van der Waals surface area contributed by atoms with Crippen molar-refractivity contribution in [2.45, 2.75) is 33.1 Å². The molecule has 108 valence electrons. The molecule has 1 heterocycles. The molecule has 0 fully saturated rings. The van der Waals surface area contributed by atoms with Crippen molar-refractivity contribution in [2.75, 3.05) is 13.1 Å². The molecular weight excluding hydrogens is 242 g/mol. The summed E-state index contributed by atoms with van der Waals surface area (Å²) in [6.45, 7) is 5.43. The molecule has 3 N–H and O–H groups in total. The van der Waals surface area contributed by atoms with Gasteiger partial charge in [0, 0.05) is 26.4 Å². The van der Waals surface area contributed by atoms with Crippen LogP contribution in [0.5, 0.6) is 0 Å². The summed E-state index contributed by atoms with van der Waals surface area (Å²) in [6, 6.07) is 0. The Morgan fingerprint density at radius 1 is 1.53 bits per heavy atom. The number of hydrogen-bond acceptors (Lipinski definition) is 4. The van der Waals surface area contributed by atoms with Crippen LogP contribution in [0.25, 0.3) is 0 Å². The Kier molecular flexibility index (Phi) is 6.49. The van der Waals surface area contributed by atoms with Crippen molar-refractivity contribution in [1.29, 1.82) is 0 Å². The summed E-state index contributed by atoms with van der Waals surface area (Å²) in [5.41, 5.74) is 5.69. The standard InChI is InChI=1S/C13H25N5O/c1-10(2)6-11(8-14)7-13(19)15-5-4-12-16-9-18(3)17-12/h9-11H,4-8,14H2,1-3H3,(H,15,19). The molecule has 1 atom stereocenters. The maximum absolute atomic E-state index is 11.8. The van der Waals surface area contributed by atoms with Gasteiger partial charge in [-0.25, -0.2) is 4.98 Å². The van der Waals surface area contributed by atoms with Gasteiger partial charge in [-0.3, -0.25) is 9.48 Å². The molecule has 19 heavy (non-hydrogen) atoms. The first-order valence-electron chi connectivity index (χ1n) is 6.82. The smallest absolute Gasteiger partial charge is 0.220 e. The van der Waals surface area contributed by atoms with Crippen LogP contribution in [0.2, 0.25) is 0 Å². The first-order valence-corrected chi connectivity index (χ1v) is 6.82. The van der Waals surface area contributed by atoms with Crippen LogP contribution < -0.4 is 11.1 Å². The number of nitrogens with two attached hydrogens (primary N) is 1. The second-order valence-corrected chi connectivity index (χ2v) is 5.37. The fraction of sp³-hybridized carbons (Fsp3) is 0.769.